The molecule has 0 atom stereocenters. The lowest BCUT2D eigenvalue weighted by Crippen LogP contribution is -2.05. The van der Waals surface area contributed by atoms with Gasteiger partial charge in [0.05, 0.1) is 0 Å². The molecule has 2 rings (SSSR count). The van der Waals surface area contributed by atoms with Crippen molar-refractivity contribution in [2.75, 3.05) is 0 Å². The van der Waals surface area contributed by atoms with Crippen molar-refractivity contribution < 1.29 is 5.21 Å². The third kappa shape index (κ3) is 1.43. The highest BCUT2D eigenvalue weighted by Crippen LogP contribution is 2.16. The average molecular weight is 176 g/mol. The molecule has 0 aliphatic rings. The van der Waals surface area contributed by atoms with Crippen LogP contribution >= 0.6 is 0 Å². The number of nitrogens with zero attached hydrogens (tertiary/aromatic N) is 1. The fourth-order valence-electron chi connectivity index (χ4n) is 1.51. The van der Waals surface area contributed by atoms with Gasteiger partial charge in [0.25, 0.3) is 0 Å². The van der Waals surface area contributed by atoms with Gasteiger partial charge in [0.15, 0.2) is 0 Å². The summed E-state index contributed by atoms with van der Waals surface area (Å²) in [6, 6.07) is 8.21. The summed E-state index contributed by atoms with van der Waals surface area (Å²) >= 11 is 0. The van der Waals surface area contributed by atoms with Crippen molar-refractivity contribution in [3.63, 3.8) is 0 Å². The Morgan fingerprint density at radius 2 is 2.23 bits per heavy atom. The highest BCUT2D eigenvalue weighted by molar-refractivity contribution is 5.80. The van der Waals surface area contributed by atoms with Crippen LogP contribution in [0.5, 0.6) is 0 Å². The van der Waals surface area contributed by atoms with Crippen LogP contribution in [0.4, 0.5) is 0 Å². The number of nitrogens with one attached hydrogen (secondary N) is 1. The number of benzene rings is 1. The van der Waals surface area contributed by atoms with E-state index in [1.54, 1.807) is 0 Å². The van der Waals surface area contributed by atoms with Crippen molar-refractivity contribution in [2.24, 2.45) is 7.05 Å². The lowest BCUT2D eigenvalue weighted by Gasteiger charge is -2.01. The van der Waals surface area contributed by atoms with Crippen molar-refractivity contribution in [2.45, 2.75) is 6.54 Å². The summed E-state index contributed by atoms with van der Waals surface area (Å²) in [5.41, 5.74) is 4.42. The summed E-state index contributed by atoms with van der Waals surface area (Å²) in [7, 11) is 2.01. The standard InChI is InChI=1S/C10H12N2O/c1-12-5-4-9-3-2-8(7-11-13)6-10(9)12/h2-6,11,13H,7H2,1H3. The number of rotatable bonds is 2. The Balaban J connectivity index is 2.53. The van der Waals surface area contributed by atoms with Gasteiger partial charge in [-0.05, 0) is 23.1 Å². The van der Waals surface area contributed by atoms with Crippen LogP contribution in [0.25, 0.3) is 10.9 Å². The molecule has 1 aromatic heterocycles. The molecule has 0 spiro atoms. The molecule has 0 fully saturated rings. The average Bonchev–Trinajstić information content (AvgIpc) is 2.49. The van der Waals surface area contributed by atoms with E-state index in [-0.39, 0.29) is 0 Å². The first-order valence-electron chi connectivity index (χ1n) is 4.22. The number of aromatic nitrogens is 1. The van der Waals surface area contributed by atoms with Gasteiger partial charge < -0.3 is 9.77 Å². The van der Waals surface area contributed by atoms with Gasteiger partial charge in [-0.15, -0.1) is 0 Å². The fraction of sp³-hybridized carbons (Fsp3) is 0.200. The van der Waals surface area contributed by atoms with Crippen LogP contribution in [0.2, 0.25) is 0 Å². The van der Waals surface area contributed by atoms with E-state index in [4.69, 9.17) is 5.21 Å². The number of fused-ring (bicyclic) bond motifs is 1. The minimum atomic E-state index is 0.487. The predicted octanol–water partition coefficient (Wildman–Crippen LogP) is 1.66. The van der Waals surface area contributed by atoms with Gasteiger partial charge in [0, 0.05) is 25.3 Å². The summed E-state index contributed by atoms with van der Waals surface area (Å²) in [5, 5.41) is 9.78. The smallest absolute Gasteiger partial charge is 0.0480 e. The zero-order valence-electron chi connectivity index (χ0n) is 7.49. The summed E-state index contributed by atoms with van der Waals surface area (Å²) in [6.45, 7) is 0.487. The van der Waals surface area contributed by atoms with Gasteiger partial charge in [-0.2, -0.15) is 0 Å². The molecule has 1 aromatic carbocycles. The molecule has 1 heterocycles. The summed E-state index contributed by atoms with van der Waals surface area (Å²) in [6.07, 6.45) is 2.03. The second-order valence-electron chi connectivity index (χ2n) is 3.15. The molecule has 2 N–H and O–H groups in total. The maximum absolute atomic E-state index is 8.55. The van der Waals surface area contributed by atoms with Crippen molar-refractivity contribution >= 4 is 10.9 Å². The second kappa shape index (κ2) is 3.20. The zero-order valence-corrected chi connectivity index (χ0v) is 7.49. The first-order chi connectivity index (χ1) is 6.31. The summed E-state index contributed by atoms with van der Waals surface area (Å²) in [5.74, 6) is 0. The summed E-state index contributed by atoms with van der Waals surface area (Å²) < 4.78 is 2.07. The Bertz CT molecular complexity index is 420. The van der Waals surface area contributed by atoms with Gasteiger partial charge in [-0.1, -0.05) is 12.1 Å². The molecule has 0 amide bonds. The van der Waals surface area contributed by atoms with Gasteiger partial charge in [0.2, 0.25) is 0 Å². The molecule has 0 aliphatic heterocycles. The van der Waals surface area contributed by atoms with Crippen molar-refractivity contribution in [1.82, 2.24) is 10.0 Å². The molecular weight excluding hydrogens is 164 g/mol. The van der Waals surface area contributed by atoms with Crippen LogP contribution in [0, 0.1) is 0 Å². The van der Waals surface area contributed by atoms with E-state index in [2.05, 4.69) is 28.2 Å². The third-order valence-corrected chi connectivity index (χ3v) is 2.24. The molecule has 3 nitrogen and oxygen atoms in total. The van der Waals surface area contributed by atoms with E-state index in [0.29, 0.717) is 6.54 Å². The normalized spacial score (nSPS) is 10.9. The highest BCUT2D eigenvalue weighted by atomic mass is 16.5. The molecular formula is C10H12N2O. The number of aryl methyl sites for hydroxylation is 1. The first-order valence-corrected chi connectivity index (χ1v) is 4.22. The Kier molecular flexibility index (Phi) is 2.04. The Hall–Kier alpha value is -1.32. The molecule has 0 radical (unpaired) electrons. The molecule has 0 bridgehead atoms. The van der Waals surface area contributed by atoms with E-state index in [1.165, 1.54) is 10.9 Å². The maximum atomic E-state index is 8.55. The maximum Gasteiger partial charge on any atom is 0.0480 e. The van der Waals surface area contributed by atoms with Crippen LogP contribution in [0.3, 0.4) is 0 Å². The molecule has 3 heteroatoms. The molecule has 0 saturated heterocycles. The first kappa shape index (κ1) is 8.29. The summed E-state index contributed by atoms with van der Waals surface area (Å²) in [4.78, 5) is 0. The Morgan fingerprint density at radius 1 is 1.38 bits per heavy atom. The molecule has 0 unspecified atom stereocenters. The largest absolute Gasteiger partial charge is 0.351 e. The van der Waals surface area contributed by atoms with Crippen LogP contribution in [0.1, 0.15) is 5.56 Å². The number of hydrogen-bond acceptors (Lipinski definition) is 2. The van der Waals surface area contributed by atoms with Gasteiger partial charge in [-0.3, -0.25) is 0 Å². The topological polar surface area (TPSA) is 37.2 Å². The van der Waals surface area contributed by atoms with Crippen molar-refractivity contribution in [3.05, 3.63) is 36.0 Å². The SMILES string of the molecule is Cn1ccc2ccc(CNO)cc21. The predicted molar refractivity (Wildman–Crippen MR) is 51.5 cm³/mol. The zero-order chi connectivity index (χ0) is 9.26. The quantitative estimate of drug-likeness (QED) is 0.683. The lowest BCUT2D eigenvalue weighted by molar-refractivity contribution is 0.161. The van der Waals surface area contributed by atoms with Crippen LogP contribution in [0.15, 0.2) is 30.5 Å². The highest BCUT2D eigenvalue weighted by Gasteiger charge is 1.98. The van der Waals surface area contributed by atoms with Crippen molar-refractivity contribution in [1.29, 1.82) is 0 Å². The Morgan fingerprint density at radius 3 is 3.00 bits per heavy atom. The monoisotopic (exact) mass is 176 g/mol. The van der Waals surface area contributed by atoms with Crippen LogP contribution < -0.4 is 5.48 Å². The van der Waals surface area contributed by atoms with Gasteiger partial charge >= 0.3 is 0 Å². The minimum absolute atomic E-state index is 0.487. The molecule has 13 heavy (non-hydrogen) atoms. The van der Waals surface area contributed by atoms with E-state index >= 15 is 0 Å². The van der Waals surface area contributed by atoms with E-state index in [0.717, 1.165) is 5.56 Å². The number of hydroxylamine groups is 1. The van der Waals surface area contributed by atoms with Gasteiger partial charge in [0.1, 0.15) is 0 Å². The van der Waals surface area contributed by atoms with E-state index in [9.17, 15) is 0 Å². The van der Waals surface area contributed by atoms with Gasteiger partial charge in [-0.25, -0.2) is 5.48 Å². The lowest BCUT2D eigenvalue weighted by atomic mass is 10.2. The van der Waals surface area contributed by atoms with E-state index < -0.39 is 0 Å². The fourth-order valence-corrected chi connectivity index (χ4v) is 1.51. The van der Waals surface area contributed by atoms with Crippen LogP contribution in [-0.2, 0) is 13.6 Å². The second-order valence-corrected chi connectivity index (χ2v) is 3.15. The van der Waals surface area contributed by atoms with Crippen molar-refractivity contribution in [3.8, 4) is 0 Å². The minimum Gasteiger partial charge on any atom is -0.351 e. The van der Waals surface area contributed by atoms with Crippen LogP contribution in [-0.4, -0.2) is 9.77 Å². The molecule has 2 aromatic rings. The Labute approximate surface area is 76.6 Å². The molecule has 0 saturated carbocycles. The number of hydrogen-bond donors (Lipinski definition) is 2. The third-order valence-electron chi connectivity index (χ3n) is 2.24. The molecule has 0 aliphatic carbocycles. The molecule has 68 valence electrons. The van der Waals surface area contributed by atoms with E-state index in [1.807, 2.05) is 19.3 Å².